The molecule has 0 spiro atoms. The minimum absolute atomic E-state index is 0.0229. The van der Waals surface area contributed by atoms with Gasteiger partial charge in [-0.2, -0.15) is 0 Å². The maximum absolute atomic E-state index is 13.0. The second-order valence-electron chi connectivity index (χ2n) is 6.24. The van der Waals surface area contributed by atoms with Gasteiger partial charge in [-0.1, -0.05) is 44.9 Å². The number of unbranched alkanes of at least 4 members (excludes halogenated alkanes) is 2. The summed E-state index contributed by atoms with van der Waals surface area (Å²) in [5, 5.41) is 9.37. The number of ketones is 1. The normalized spacial score (nSPS) is 10.4. The molecule has 2 aromatic rings. The third-order valence-corrected chi connectivity index (χ3v) is 4.12. The highest BCUT2D eigenvalue weighted by molar-refractivity contribution is 6.15. The maximum atomic E-state index is 13.0. The Kier molecular flexibility index (Phi) is 7.86. The van der Waals surface area contributed by atoms with Crippen molar-refractivity contribution in [3.63, 3.8) is 0 Å². The smallest absolute Gasteiger partial charge is 0.336 e. The van der Waals surface area contributed by atoms with Crippen molar-refractivity contribution in [2.24, 2.45) is 0 Å². The van der Waals surface area contributed by atoms with Crippen LogP contribution in [-0.2, 0) is 0 Å². The molecule has 0 bridgehead atoms. The number of carbonyl (C=O) groups is 2. The van der Waals surface area contributed by atoms with E-state index in [-0.39, 0.29) is 16.9 Å². The summed E-state index contributed by atoms with van der Waals surface area (Å²) in [4.78, 5) is 24.5. The lowest BCUT2D eigenvalue weighted by Gasteiger charge is -2.14. The first-order valence-electron chi connectivity index (χ1n) is 9.35. The molecular formula is C22H26O5. The zero-order chi connectivity index (χ0) is 19.6. The Morgan fingerprint density at radius 2 is 1.48 bits per heavy atom. The predicted octanol–water partition coefficient (Wildman–Crippen LogP) is 4.97. The molecule has 0 saturated heterocycles. The molecule has 27 heavy (non-hydrogen) atoms. The van der Waals surface area contributed by atoms with Crippen molar-refractivity contribution in [3.8, 4) is 11.5 Å². The van der Waals surface area contributed by atoms with Gasteiger partial charge in [0.1, 0.15) is 11.5 Å². The van der Waals surface area contributed by atoms with E-state index in [4.69, 9.17) is 9.47 Å². The van der Waals surface area contributed by atoms with Crippen molar-refractivity contribution in [2.45, 2.75) is 39.5 Å². The van der Waals surface area contributed by atoms with E-state index in [0.29, 0.717) is 30.3 Å². The molecule has 0 radical (unpaired) electrons. The van der Waals surface area contributed by atoms with E-state index in [0.717, 1.165) is 25.7 Å². The molecule has 0 amide bonds. The van der Waals surface area contributed by atoms with Gasteiger partial charge in [0.05, 0.1) is 24.3 Å². The number of benzene rings is 2. The first-order chi connectivity index (χ1) is 13.1. The molecule has 0 fully saturated rings. The summed E-state index contributed by atoms with van der Waals surface area (Å²) in [7, 11) is 0. The van der Waals surface area contributed by atoms with E-state index in [1.807, 2.05) is 0 Å². The SMILES string of the molecule is CCCCOc1ccc(C(=O)c2ccccc2C(=O)O)c(OCCCC)c1. The highest BCUT2D eigenvalue weighted by Crippen LogP contribution is 2.28. The lowest BCUT2D eigenvalue weighted by molar-refractivity contribution is 0.0692. The summed E-state index contributed by atoms with van der Waals surface area (Å²) < 4.78 is 11.5. The lowest BCUT2D eigenvalue weighted by Crippen LogP contribution is -2.11. The summed E-state index contributed by atoms with van der Waals surface area (Å²) in [6.07, 6.45) is 3.80. The van der Waals surface area contributed by atoms with E-state index in [9.17, 15) is 14.7 Å². The quantitative estimate of drug-likeness (QED) is 0.446. The molecule has 0 aliphatic heterocycles. The van der Waals surface area contributed by atoms with Crippen LogP contribution in [-0.4, -0.2) is 30.1 Å². The minimum Gasteiger partial charge on any atom is -0.493 e. The van der Waals surface area contributed by atoms with Crippen molar-refractivity contribution < 1.29 is 24.2 Å². The molecule has 2 aromatic carbocycles. The van der Waals surface area contributed by atoms with Crippen LogP contribution in [0.15, 0.2) is 42.5 Å². The number of aromatic carboxylic acids is 1. The molecule has 0 aromatic heterocycles. The number of carboxylic acids is 1. The Bertz CT molecular complexity index is 782. The fourth-order valence-corrected chi connectivity index (χ4v) is 2.57. The third kappa shape index (κ3) is 5.58. The van der Waals surface area contributed by atoms with E-state index < -0.39 is 5.97 Å². The number of hydrogen-bond donors (Lipinski definition) is 1. The van der Waals surface area contributed by atoms with Crippen LogP contribution < -0.4 is 9.47 Å². The van der Waals surface area contributed by atoms with Crippen molar-refractivity contribution in [1.82, 2.24) is 0 Å². The van der Waals surface area contributed by atoms with Gasteiger partial charge in [0, 0.05) is 11.6 Å². The van der Waals surface area contributed by atoms with E-state index >= 15 is 0 Å². The molecule has 5 nitrogen and oxygen atoms in total. The molecule has 144 valence electrons. The van der Waals surface area contributed by atoms with Crippen LogP contribution in [0.2, 0.25) is 0 Å². The number of carboxylic acid groups (broad SMARTS) is 1. The molecule has 5 heteroatoms. The average molecular weight is 370 g/mol. The predicted molar refractivity (Wildman–Crippen MR) is 104 cm³/mol. The molecule has 0 saturated carbocycles. The van der Waals surface area contributed by atoms with Gasteiger partial charge in [-0.05, 0) is 31.0 Å². The highest BCUT2D eigenvalue weighted by Gasteiger charge is 2.21. The fourth-order valence-electron chi connectivity index (χ4n) is 2.57. The van der Waals surface area contributed by atoms with Crippen LogP contribution in [0.5, 0.6) is 11.5 Å². The van der Waals surface area contributed by atoms with Crippen LogP contribution in [0.4, 0.5) is 0 Å². The van der Waals surface area contributed by atoms with Crippen molar-refractivity contribution >= 4 is 11.8 Å². The number of rotatable bonds is 11. The zero-order valence-corrected chi connectivity index (χ0v) is 15.9. The van der Waals surface area contributed by atoms with Crippen molar-refractivity contribution in [1.29, 1.82) is 0 Å². The molecular weight excluding hydrogens is 344 g/mol. The minimum atomic E-state index is -1.13. The Hall–Kier alpha value is -2.82. The van der Waals surface area contributed by atoms with Crippen LogP contribution in [0, 0.1) is 0 Å². The van der Waals surface area contributed by atoms with E-state index in [2.05, 4.69) is 13.8 Å². The summed E-state index contributed by atoms with van der Waals surface area (Å²) in [5.41, 5.74) is 0.456. The molecule has 1 N–H and O–H groups in total. The average Bonchev–Trinajstić information content (AvgIpc) is 2.68. The topological polar surface area (TPSA) is 72.8 Å². The fraction of sp³-hybridized carbons (Fsp3) is 0.364. The summed E-state index contributed by atoms with van der Waals surface area (Å²) in [5.74, 6) is -0.452. The second-order valence-corrected chi connectivity index (χ2v) is 6.24. The van der Waals surface area contributed by atoms with Gasteiger partial charge in [0.15, 0.2) is 5.78 Å². The van der Waals surface area contributed by atoms with Gasteiger partial charge in [0.2, 0.25) is 0 Å². The molecule has 2 rings (SSSR count). The van der Waals surface area contributed by atoms with Crippen molar-refractivity contribution in [2.75, 3.05) is 13.2 Å². The van der Waals surface area contributed by atoms with Gasteiger partial charge >= 0.3 is 5.97 Å². The maximum Gasteiger partial charge on any atom is 0.336 e. The number of ether oxygens (including phenoxy) is 2. The van der Waals surface area contributed by atoms with Crippen molar-refractivity contribution in [3.05, 3.63) is 59.2 Å². The largest absolute Gasteiger partial charge is 0.493 e. The van der Waals surface area contributed by atoms with Crippen LogP contribution in [0.3, 0.4) is 0 Å². The van der Waals surface area contributed by atoms with E-state index in [1.165, 1.54) is 12.1 Å². The Morgan fingerprint density at radius 3 is 2.11 bits per heavy atom. The molecule has 0 aliphatic rings. The molecule has 0 unspecified atom stereocenters. The Balaban J connectivity index is 2.35. The Morgan fingerprint density at radius 1 is 0.852 bits per heavy atom. The van der Waals surface area contributed by atoms with E-state index in [1.54, 1.807) is 30.3 Å². The van der Waals surface area contributed by atoms with Crippen LogP contribution >= 0.6 is 0 Å². The van der Waals surface area contributed by atoms with Gasteiger partial charge < -0.3 is 14.6 Å². The highest BCUT2D eigenvalue weighted by atomic mass is 16.5. The first-order valence-corrected chi connectivity index (χ1v) is 9.35. The lowest BCUT2D eigenvalue weighted by atomic mass is 9.97. The van der Waals surface area contributed by atoms with Crippen LogP contribution in [0.1, 0.15) is 65.8 Å². The third-order valence-electron chi connectivity index (χ3n) is 4.12. The molecule has 0 heterocycles. The van der Waals surface area contributed by atoms with Gasteiger partial charge in [-0.15, -0.1) is 0 Å². The molecule has 0 aliphatic carbocycles. The Labute approximate surface area is 159 Å². The van der Waals surface area contributed by atoms with Gasteiger partial charge in [0.25, 0.3) is 0 Å². The van der Waals surface area contributed by atoms with Crippen LogP contribution in [0.25, 0.3) is 0 Å². The van der Waals surface area contributed by atoms with Gasteiger partial charge in [-0.25, -0.2) is 4.79 Å². The summed E-state index contributed by atoms with van der Waals surface area (Å²) >= 11 is 0. The first kappa shape index (κ1) is 20.5. The summed E-state index contributed by atoms with van der Waals surface area (Å²) in [6.45, 7) is 5.23. The second kappa shape index (κ2) is 10.4. The molecule has 0 atom stereocenters. The zero-order valence-electron chi connectivity index (χ0n) is 15.9. The standard InChI is InChI=1S/C22H26O5/c1-3-5-13-26-16-11-12-19(20(15-16)27-14-6-4-2)21(23)17-9-7-8-10-18(17)22(24)25/h7-12,15H,3-6,13-14H2,1-2H3,(H,24,25). The van der Waals surface area contributed by atoms with Gasteiger partial charge in [-0.3, -0.25) is 4.79 Å². The monoisotopic (exact) mass is 370 g/mol. The number of carbonyl (C=O) groups excluding carboxylic acids is 1. The number of hydrogen-bond acceptors (Lipinski definition) is 4. The summed E-state index contributed by atoms with van der Waals surface area (Å²) in [6, 6.07) is 11.3.